The number of nitrogens with one attached hydrogen (secondary N) is 1. The molecule has 17 heavy (non-hydrogen) atoms. The first-order valence-corrected chi connectivity index (χ1v) is 6.59. The highest BCUT2D eigenvalue weighted by molar-refractivity contribution is 5.51. The molecule has 0 aromatic heterocycles. The Labute approximate surface area is 103 Å². The fraction of sp³-hybridized carbons (Fsp3) is 0.571. The summed E-state index contributed by atoms with van der Waals surface area (Å²) in [6, 6.07) is 9.60. The third kappa shape index (κ3) is 2.31. The third-order valence-electron chi connectivity index (χ3n) is 3.90. The molecule has 2 aliphatic heterocycles. The number of hydrogen-bond donors (Lipinski definition) is 1. The van der Waals surface area contributed by atoms with Crippen molar-refractivity contribution in [3.05, 3.63) is 29.8 Å². The second kappa shape index (κ2) is 4.67. The first-order valence-electron chi connectivity index (χ1n) is 6.59. The van der Waals surface area contributed by atoms with Crippen LogP contribution < -0.4 is 10.2 Å². The summed E-state index contributed by atoms with van der Waals surface area (Å²) >= 11 is 0. The Morgan fingerprint density at radius 2 is 1.94 bits per heavy atom. The molecule has 92 valence electrons. The van der Waals surface area contributed by atoms with Gasteiger partial charge in [-0.05, 0) is 24.6 Å². The Bertz CT molecular complexity index is 379. The SMILES string of the molecule is Cc1cccc(N2CC(N3CCNCC3)C2)c1. The van der Waals surface area contributed by atoms with Crippen LogP contribution in [0.4, 0.5) is 5.69 Å². The highest BCUT2D eigenvalue weighted by Crippen LogP contribution is 2.24. The van der Waals surface area contributed by atoms with Gasteiger partial charge in [0.1, 0.15) is 0 Å². The summed E-state index contributed by atoms with van der Waals surface area (Å²) in [6.45, 7) is 9.30. The third-order valence-corrected chi connectivity index (χ3v) is 3.90. The van der Waals surface area contributed by atoms with E-state index in [-0.39, 0.29) is 0 Å². The van der Waals surface area contributed by atoms with E-state index in [9.17, 15) is 0 Å². The number of nitrogens with zero attached hydrogens (tertiary/aromatic N) is 2. The maximum absolute atomic E-state index is 3.41. The Hall–Kier alpha value is -1.06. The van der Waals surface area contributed by atoms with Gasteiger partial charge in [-0.2, -0.15) is 0 Å². The molecule has 2 aliphatic rings. The van der Waals surface area contributed by atoms with E-state index in [2.05, 4.69) is 46.3 Å². The normalized spacial score (nSPS) is 22.5. The molecule has 0 atom stereocenters. The summed E-state index contributed by atoms with van der Waals surface area (Å²) < 4.78 is 0. The zero-order chi connectivity index (χ0) is 11.7. The number of anilines is 1. The second-order valence-electron chi connectivity index (χ2n) is 5.18. The van der Waals surface area contributed by atoms with Crippen LogP contribution in [0, 0.1) is 6.92 Å². The first kappa shape index (κ1) is 11.1. The molecule has 3 rings (SSSR count). The van der Waals surface area contributed by atoms with Crippen LogP contribution in [0.25, 0.3) is 0 Å². The van der Waals surface area contributed by atoms with Crippen molar-refractivity contribution in [1.82, 2.24) is 10.2 Å². The Morgan fingerprint density at radius 3 is 2.65 bits per heavy atom. The topological polar surface area (TPSA) is 18.5 Å². The predicted molar refractivity (Wildman–Crippen MR) is 71.6 cm³/mol. The van der Waals surface area contributed by atoms with Gasteiger partial charge in [0, 0.05) is 51.0 Å². The molecular formula is C14H21N3. The van der Waals surface area contributed by atoms with Gasteiger partial charge in [-0.25, -0.2) is 0 Å². The average Bonchev–Trinajstić information content (AvgIpc) is 2.28. The quantitative estimate of drug-likeness (QED) is 0.822. The summed E-state index contributed by atoms with van der Waals surface area (Å²) in [5.41, 5.74) is 2.74. The van der Waals surface area contributed by atoms with Crippen LogP contribution in [-0.4, -0.2) is 50.2 Å². The number of hydrogen-bond acceptors (Lipinski definition) is 3. The lowest BCUT2D eigenvalue weighted by atomic mass is 10.0. The standard InChI is InChI=1S/C14H21N3/c1-12-3-2-4-13(9-12)17-10-14(11-17)16-7-5-15-6-8-16/h2-4,9,14-15H,5-8,10-11H2,1H3. The molecule has 0 amide bonds. The van der Waals surface area contributed by atoms with Crippen LogP contribution in [0.5, 0.6) is 0 Å². The Morgan fingerprint density at radius 1 is 1.18 bits per heavy atom. The molecule has 2 heterocycles. The van der Waals surface area contributed by atoms with E-state index in [4.69, 9.17) is 0 Å². The lowest BCUT2D eigenvalue weighted by Crippen LogP contribution is -2.62. The summed E-state index contributed by atoms with van der Waals surface area (Å²) in [4.78, 5) is 5.11. The van der Waals surface area contributed by atoms with E-state index in [1.165, 1.54) is 37.4 Å². The number of aryl methyl sites for hydroxylation is 1. The zero-order valence-electron chi connectivity index (χ0n) is 10.5. The minimum Gasteiger partial charge on any atom is -0.368 e. The van der Waals surface area contributed by atoms with Gasteiger partial charge in [0.05, 0.1) is 0 Å². The number of rotatable bonds is 2. The van der Waals surface area contributed by atoms with Crippen LogP contribution in [0.1, 0.15) is 5.56 Å². The van der Waals surface area contributed by atoms with Crippen LogP contribution >= 0.6 is 0 Å². The molecule has 0 radical (unpaired) electrons. The Kier molecular flexibility index (Phi) is 3.04. The van der Waals surface area contributed by atoms with Crippen molar-refractivity contribution in [2.24, 2.45) is 0 Å². The van der Waals surface area contributed by atoms with E-state index in [1.54, 1.807) is 0 Å². The number of piperazine rings is 1. The summed E-state index contributed by atoms with van der Waals surface area (Å²) in [5, 5.41) is 3.41. The maximum Gasteiger partial charge on any atom is 0.0447 e. The fourth-order valence-electron chi connectivity index (χ4n) is 2.77. The van der Waals surface area contributed by atoms with Gasteiger partial charge in [0.2, 0.25) is 0 Å². The van der Waals surface area contributed by atoms with Crippen molar-refractivity contribution in [3.63, 3.8) is 0 Å². The molecule has 2 fully saturated rings. The molecule has 0 bridgehead atoms. The van der Waals surface area contributed by atoms with Crippen molar-refractivity contribution < 1.29 is 0 Å². The van der Waals surface area contributed by atoms with Crippen molar-refractivity contribution in [2.45, 2.75) is 13.0 Å². The van der Waals surface area contributed by atoms with Gasteiger partial charge in [0.15, 0.2) is 0 Å². The molecule has 0 spiro atoms. The van der Waals surface area contributed by atoms with Crippen LogP contribution in [0.15, 0.2) is 24.3 Å². The maximum atomic E-state index is 3.41. The van der Waals surface area contributed by atoms with E-state index in [0.717, 1.165) is 19.1 Å². The zero-order valence-corrected chi connectivity index (χ0v) is 10.5. The fourth-order valence-corrected chi connectivity index (χ4v) is 2.77. The minimum absolute atomic E-state index is 0.776. The highest BCUT2D eigenvalue weighted by atomic mass is 15.3. The van der Waals surface area contributed by atoms with E-state index < -0.39 is 0 Å². The van der Waals surface area contributed by atoms with E-state index >= 15 is 0 Å². The largest absolute Gasteiger partial charge is 0.368 e. The van der Waals surface area contributed by atoms with Gasteiger partial charge < -0.3 is 10.2 Å². The van der Waals surface area contributed by atoms with Gasteiger partial charge in [-0.1, -0.05) is 12.1 Å². The second-order valence-corrected chi connectivity index (χ2v) is 5.18. The van der Waals surface area contributed by atoms with Crippen molar-refractivity contribution in [1.29, 1.82) is 0 Å². The predicted octanol–water partition coefficient (Wildman–Crippen LogP) is 1.09. The highest BCUT2D eigenvalue weighted by Gasteiger charge is 2.32. The molecule has 0 saturated carbocycles. The van der Waals surface area contributed by atoms with E-state index in [0.29, 0.717) is 0 Å². The summed E-state index contributed by atoms with van der Waals surface area (Å²) in [7, 11) is 0. The van der Waals surface area contributed by atoms with Gasteiger partial charge in [-0.15, -0.1) is 0 Å². The van der Waals surface area contributed by atoms with Crippen molar-refractivity contribution >= 4 is 5.69 Å². The molecule has 0 unspecified atom stereocenters. The van der Waals surface area contributed by atoms with E-state index in [1.807, 2.05) is 0 Å². The molecule has 3 nitrogen and oxygen atoms in total. The molecule has 2 saturated heterocycles. The lowest BCUT2D eigenvalue weighted by molar-refractivity contribution is 0.147. The molecule has 1 N–H and O–H groups in total. The molecule has 0 aliphatic carbocycles. The smallest absolute Gasteiger partial charge is 0.0447 e. The van der Waals surface area contributed by atoms with Gasteiger partial charge in [0.25, 0.3) is 0 Å². The van der Waals surface area contributed by atoms with Crippen LogP contribution in [0.2, 0.25) is 0 Å². The summed E-state index contributed by atoms with van der Waals surface area (Å²) in [5.74, 6) is 0. The molecule has 3 heteroatoms. The first-order chi connectivity index (χ1) is 8.33. The molecule has 1 aromatic carbocycles. The Balaban J connectivity index is 1.57. The van der Waals surface area contributed by atoms with Crippen molar-refractivity contribution in [2.75, 3.05) is 44.2 Å². The van der Waals surface area contributed by atoms with Gasteiger partial charge in [-0.3, -0.25) is 4.90 Å². The number of benzene rings is 1. The average molecular weight is 231 g/mol. The summed E-state index contributed by atoms with van der Waals surface area (Å²) in [6.07, 6.45) is 0. The minimum atomic E-state index is 0.776. The van der Waals surface area contributed by atoms with Crippen LogP contribution in [0.3, 0.4) is 0 Å². The lowest BCUT2D eigenvalue weighted by Gasteiger charge is -2.48. The molecular weight excluding hydrogens is 210 g/mol. The monoisotopic (exact) mass is 231 g/mol. The van der Waals surface area contributed by atoms with Crippen molar-refractivity contribution in [3.8, 4) is 0 Å². The molecule has 1 aromatic rings. The van der Waals surface area contributed by atoms with Crippen LogP contribution in [-0.2, 0) is 0 Å². The van der Waals surface area contributed by atoms with Gasteiger partial charge >= 0.3 is 0 Å².